The first kappa shape index (κ1) is 16.9. The number of rotatable bonds is 2. The molecule has 6 nitrogen and oxygen atoms in total. The SMILES string of the molecule is O=C(c1cc2ccccc2oc1=O)N1CCCC1c1ccc2c(c1)OCCO2. The lowest BCUT2D eigenvalue weighted by Gasteiger charge is -2.26. The van der Waals surface area contributed by atoms with E-state index in [2.05, 4.69) is 0 Å². The first-order chi connectivity index (χ1) is 13.7. The van der Waals surface area contributed by atoms with E-state index in [0.717, 1.165) is 29.5 Å². The summed E-state index contributed by atoms with van der Waals surface area (Å²) in [7, 11) is 0. The summed E-state index contributed by atoms with van der Waals surface area (Å²) in [6.07, 6.45) is 1.72. The molecule has 0 saturated carbocycles. The lowest BCUT2D eigenvalue weighted by Crippen LogP contribution is -2.33. The van der Waals surface area contributed by atoms with Gasteiger partial charge in [0.05, 0.1) is 6.04 Å². The molecule has 0 spiro atoms. The van der Waals surface area contributed by atoms with Crippen LogP contribution in [-0.2, 0) is 0 Å². The van der Waals surface area contributed by atoms with Crippen molar-refractivity contribution in [1.29, 1.82) is 0 Å². The zero-order chi connectivity index (χ0) is 19.1. The fraction of sp³-hybridized carbons (Fsp3) is 0.273. The number of ether oxygens (including phenoxy) is 2. The van der Waals surface area contributed by atoms with E-state index in [9.17, 15) is 9.59 Å². The quantitative estimate of drug-likeness (QED) is 0.639. The van der Waals surface area contributed by atoms with E-state index in [1.165, 1.54) is 0 Å². The Morgan fingerprint density at radius 3 is 2.71 bits per heavy atom. The van der Waals surface area contributed by atoms with Gasteiger partial charge in [0.2, 0.25) is 0 Å². The highest BCUT2D eigenvalue weighted by Gasteiger charge is 2.33. The van der Waals surface area contributed by atoms with E-state index >= 15 is 0 Å². The van der Waals surface area contributed by atoms with Crippen LogP contribution in [0.15, 0.2) is 57.7 Å². The Labute approximate surface area is 161 Å². The van der Waals surface area contributed by atoms with E-state index < -0.39 is 5.63 Å². The molecule has 0 aliphatic carbocycles. The maximum Gasteiger partial charge on any atom is 0.349 e. The van der Waals surface area contributed by atoms with Crippen LogP contribution in [0.4, 0.5) is 0 Å². The van der Waals surface area contributed by atoms with Crippen molar-refractivity contribution in [3.63, 3.8) is 0 Å². The van der Waals surface area contributed by atoms with E-state index in [4.69, 9.17) is 13.9 Å². The molecule has 0 bridgehead atoms. The van der Waals surface area contributed by atoms with Gasteiger partial charge in [-0.15, -0.1) is 0 Å². The number of fused-ring (bicyclic) bond motifs is 2. The fourth-order valence-electron chi connectivity index (χ4n) is 3.99. The third-order valence-corrected chi connectivity index (χ3v) is 5.34. The average Bonchev–Trinajstić information content (AvgIpc) is 3.22. The van der Waals surface area contributed by atoms with Gasteiger partial charge in [-0.25, -0.2) is 4.79 Å². The van der Waals surface area contributed by atoms with Gasteiger partial charge in [-0.1, -0.05) is 24.3 Å². The summed E-state index contributed by atoms with van der Waals surface area (Å²) in [4.78, 5) is 27.4. The Kier molecular flexibility index (Phi) is 4.04. The van der Waals surface area contributed by atoms with Gasteiger partial charge in [0, 0.05) is 11.9 Å². The van der Waals surface area contributed by atoms with Crippen LogP contribution in [0, 0.1) is 0 Å². The summed E-state index contributed by atoms with van der Waals surface area (Å²) in [6.45, 7) is 1.66. The third kappa shape index (κ3) is 2.81. The van der Waals surface area contributed by atoms with E-state index in [1.54, 1.807) is 23.1 Å². The van der Waals surface area contributed by atoms with Gasteiger partial charge in [-0.2, -0.15) is 0 Å². The van der Waals surface area contributed by atoms with Gasteiger partial charge in [-0.05, 0) is 42.7 Å². The molecule has 1 fully saturated rings. The van der Waals surface area contributed by atoms with Crippen molar-refractivity contribution in [3.8, 4) is 11.5 Å². The number of amides is 1. The second-order valence-corrected chi connectivity index (χ2v) is 7.05. The molecule has 1 unspecified atom stereocenters. The number of carbonyl (C=O) groups is 1. The molecule has 142 valence electrons. The van der Waals surface area contributed by atoms with Crippen molar-refractivity contribution in [2.24, 2.45) is 0 Å². The maximum absolute atomic E-state index is 13.2. The first-order valence-electron chi connectivity index (χ1n) is 9.44. The van der Waals surface area contributed by atoms with Crippen molar-refractivity contribution in [2.75, 3.05) is 19.8 Å². The van der Waals surface area contributed by atoms with Crippen molar-refractivity contribution < 1.29 is 18.7 Å². The maximum atomic E-state index is 13.2. The Bertz CT molecular complexity index is 1120. The molecule has 6 heteroatoms. The molecule has 1 saturated heterocycles. The van der Waals surface area contributed by atoms with Crippen LogP contribution >= 0.6 is 0 Å². The molecule has 3 heterocycles. The fourth-order valence-corrected chi connectivity index (χ4v) is 3.99. The van der Waals surface area contributed by atoms with E-state index in [0.29, 0.717) is 31.1 Å². The predicted octanol–water partition coefficient (Wildman–Crippen LogP) is 3.54. The number of para-hydroxylation sites is 1. The molecule has 28 heavy (non-hydrogen) atoms. The zero-order valence-electron chi connectivity index (χ0n) is 15.2. The Hall–Kier alpha value is -3.28. The second kappa shape index (κ2) is 6.71. The summed E-state index contributed by atoms with van der Waals surface area (Å²) in [5.41, 5.74) is 0.939. The van der Waals surface area contributed by atoms with Crippen LogP contribution in [0.3, 0.4) is 0 Å². The summed E-state index contributed by atoms with van der Waals surface area (Å²) >= 11 is 0. The predicted molar refractivity (Wildman–Crippen MR) is 103 cm³/mol. The minimum Gasteiger partial charge on any atom is -0.486 e. The molecule has 1 amide bonds. The average molecular weight is 377 g/mol. The topological polar surface area (TPSA) is 69.0 Å². The van der Waals surface area contributed by atoms with Crippen LogP contribution in [0.25, 0.3) is 11.0 Å². The Balaban J connectivity index is 1.49. The van der Waals surface area contributed by atoms with Gasteiger partial charge < -0.3 is 18.8 Å². The minimum atomic E-state index is -0.600. The molecule has 5 rings (SSSR count). The number of hydrogen-bond donors (Lipinski definition) is 0. The van der Waals surface area contributed by atoms with Crippen molar-refractivity contribution in [1.82, 2.24) is 4.90 Å². The molecule has 0 radical (unpaired) electrons. The molecule has 1 atom stereocenters. The van der Waals surface area contributed by atoms with Crippen molar-refractivity contribution in [3.05, 3.63) is 70.1 Å². The van der Waals surface area contributed by atoms with Gasteiger partial charge in [0.1, 0.15) is 24.4 Å². The van der Waals surface area contributed by atoms with Crippen molar-refractivity contribution >= 4 is 16.9 Å². The Morgan fingerprint density at radius 1 is 1.00 bits per heavy atom. The molecule has 1 aromatic heterocycles. The highest BCUT2D eigenvalue weighted by atomic mass is 16.6. The lowest BCUT2D eigenvalue weighted by atomic mass is 10.0. The second-order valence-electron chi connectivity index (χ2n) is 7.05. The number of nitrogens with zero attached hydrogens (tertiary/aromatic N) is 1. The highest BCUT2D eigenvalue weighted by Crippen LogP contribution is 2.38. The van der Waals surface area contributed by atoms with E-state index in [-0.39, 0.29) is 17.5 Å². The van der Waals surface area contributed by atoms with Gasteiger partial charge >= 0.3 is 5.63 Å². The zero-order valence-corrected chi connectivity index (χ0v) is 15.2. The van der Waals surface area contributed by atoms with Crippen LogP contribution < -0.4 is 15.1 Å². The summed E-state index contributed by atoms with van der Waals surface area (Å²) in [5.74, 6) is 1.13. The normalized spacial score (nSPS) is 18.4. The largest absolute Gasteiger partial charge is 0.486 e. The molecular weight excluding hydrogens is 358 g/mol. The smallest absolute Gasteiger partial charge is 0.349 e. The van der Waals surface area contributed by atoms with E-state index in [1.807, 2.05) is 30.3 Å². The van der Waals surface area contributed by atoms with Crippen LogP contribution in [0.2, 0.25) is 0 Å². The van der Waals surface area contributed by atoms with Gasteiger partial charge in [-0.3, -0.25) is 4.79 Å². The van der Waals surface area contributed by atoms with Crippen LogP contribution in [0.1, 0.15) is 34.8 Å². The molecule has 0 N–H and O–H groups in total. The monoisotopic (exact) mass is 377 g/mol. The molecule has 2 aromatic carbocycles. The van der Waals surface area contributed by atoms with Crippen molar-refractivity contribution in [2.45, 2.75) is 18.9 Å². The standard InChI is InChI=1S/C22H19NO5/c24-21(16-12-15-4-1-2-6-18(15)28-22(16)25)23-9-3-5-17(23)14-7-8-19-20(13-14)27-11-10-26-19/h1-2,4,6-8,12-13,17H,3,5,9-11H2. The summed E-state index contributed by atoms with van der Waals surface area (Å²) in [6, 6.07) is 14.5. The number of likely N-dealkylation sites (tertiary alicyclic amines) is 1. The number of carbonyl (C=O) groups excluding carboxylic acids is 1. The molecule has 2 aliphatic rings. The number of hydrogen-bond acceptors (Lipinski definition) is 5. The summed E-state index contributed by atoms with van der Waals surface area (Å²) in [5, 5.41) is 0.737. The summed E-state index contributed by atoms with van der Waals surface area (Å²) < 4.78 is 16.6. The van der Waals surface area contributed by atoms with Crippen LogP contribution in [-0.4, -0.2) is 30.6 Å². The molecule has 2 aliphatic heterocycles. The van der Waals surface area contributed by atoms with Gasteiger partial charge in [0.25, 0.3) is 5.91 Å². The molecular formula is C22H19NO5. The molecule has 3 aromatic rings. The third-order valence-electron chi connectivity index (χ3n) is 5.34. The Morgan fingerprint density at radius 2 is 1.82 bits per heavy atom. The number of benzene rings is 2. The minimum absolute atomic E-state index is 0.0724. The highest BCUT2D eigenvalue weighted by molar-refractivity contribution is 5.97. The van der Waals surface area contributed by atoms with Gasteiger partial charge in [0.15, 0.2) is 11.5 Å². The van der Waals surface area contributed by atoms with Crippen LogP contribution in [0.5, 0.6) is 11.5 Å². The lowest BCUT2D eigenvalue weighted by molar-refractivity contribution is 0.0731. The first-order valence-corrected chi connectivity index (χ1v) is 9.44.